The van der Waals surface area contributed by atoms with Crippen molar-refractivity contribution < 1.29 is 24.2 Å². The smallest absolute Gasteiger partial charge is 0.408 e. The van der Waals surface area contributed by atoms with Gasteiger partial charge in [0.1, 0.15) is 11.6 Å². The number of unbranched alkanes of at least 4 members (excludes halogenated alkanes) is 2. The molecule has 0 aliphatic heterocycles. The number of ether oxygens (including phenoxy) is 1. The Bertz CT molecular complexity index is 685. The van der Waals surface area contributed by atoms with E-state index in [0.717, 1.165) is 31.5 Å². The van der Waals surface area contributed by atoms with E-state index in [0.29, 0.717) is 5.69 Å². The molecular formula is C21H33N3O5. The quantitative estimate of drug-likeness (QED) is 0.412. The van der Waals surface area contributed by atoms with Gasteiger partial charge in [-0.1, -0.05) is 31.9 Å². The number of alkyl carbamates (subject to hydrolysis) is 1. The van der Waals surface area contributed by atoms with Crippen LogP contribution in [0, 0.1) is 0 Å². The van der Waals surface area contributed by atoms with E-state index in [2.05, 4.69) is 22.9 Å². The zero-order chi connectivity index (χ0) is 21.9. The number of anilines is 2. The summed E-state index contributed by atoms with van der Waals surface area (Å²) in [5.74, 6) is -1.55. The van der Waals surface area contributed by atoms with Crippen molar-refractivity contribution in [1.82, 2.24) is 5.32 Å². The van der Waals surface area contributed by atoms with Gasteiger partial charge in [-0.05, 0) is 45.7 Å². The summed E-state index contributed by atoms with van der Waals surface area (Å²) in [6, 6.07) is 6.15. The van der Waals surface area contributed by atoms with Crippen molar-refractivity contribution in [2.45, 2.75) is 71.4 Å². The number of rotatable bonds is 11. The molecule has 0 radical (unpaired) electrons. The topological polar surface area (TPSA) is 117 Å². The van der Waals surface area contributed by atoms with E-state index >= 15 is 0 Å². The first-order valence-electron chi connectivity index (χ1n) is 9.97. The lowest BCUT2D eigenvalue weighted by Gasteiger charge is -2.22. The fraction of sp³-hybridized carbons (Fsp3) is 0.571. The molecule has 1 rings (SSSR count). The van der Waals surface area contributed by atoms with Gasteiger partial charge in [-0.2, -0.15) is 0 Å². The third kappa shape index (κ3) is 10.4. The maximum Gasteiger partial charge on any atom is 0.408 e. The summed E-state index contributed by atoms with van der Waals surface area (Å²) in [7, 11) is 0. The van der Waals surface area contributed by atoms with Crippen LogP contribution in [-0.2, 0) is 14.3 Å². The van der Waals surface area contributed by atoms with Crippen LogP contribution in [0.5, 0.6) is 0 Å². The standard InChI is InChI=1S/C21H33N3O5/c1-5-6-9-14-22-15-10-7-8-11-16(15)23-18(25)13-12-17(19(26)27)24-20(28)29-21(2,3)4/h7-8,10-11,17,22H,5-6,9,12-14H2,1-4H3,(H,23,25)(H,24,28)(H,26,27). The average Bonchev–Trinajstić information content (AvgIpc) is 2.61. The second-order valence-electron chi connectivity index (χ2n) is 7.80. The largest absolute Gasteiger partial charge is 0.480 e. The summed E-state index contributed by atoms with van der Waals surface area (Å²) < 4.78 is 5.07. The van der Waals surface area contributed by atoms with Gasteiger partial charge in [0.2, 0.25) is 5.91 Å². The number of carboxylic acid groups (broad SMARTS) is 1. The summed E-state index contributed by atoms with van der Waals surface area (Å²) >= 11 is 0. The van der Waals surface area contributed by atoms with E-state index in [9.17, 15) is 19.5 Å². The van der Waals surface area contributed by atoms with Gasteiger partial charge < -0.3 is 25.8 Å². The van der Waals surface area contributed by atoms with Crippen LogP contribution in [0.25, 0.3) is 0 Å². The third-order valence-corrected chi connectivity index (χ3v) is 3.95. The van der Waals surface area contributed by atoms with Gasteiger partial charge in [0, 0.05) is 13.0 Å². The maximum absolute atomic E-state index is 12.3. The van der Waals surface area contributed by atoms with E-state index in [1.165, 1.54) is 0 Å². The van der Waals surface area contributed by atoms with Crippen LogP contribution in [0.3, 0.4) is 0 Å². The van der Waals surface area contributed by atoms with E-state index in [1.54, 1.807) is 26.8 Å². The van der Waals surface area contributed by atoms with Crippen molar-refractivity contribution in [3.05, 3.63) is 24.3 Å². The van der Waals surface area contributed by atoms with E-state index in [1.807, 2.05) is 18.2 Å². The number of benzene rings is 1. The number of para-hydroxylation sites is 2. The maximum atomic E-state index is 12.3. The minimum absolute atomic E-state index is 0.0491. The molecule has 162 valence electrons. The highest BCUT2D eigenvalue weighted by molar-refractivity contribution is 5.94. The number of carbonyl (C=O) groups excluding carboxylic acids is 2. The van der Waals surface area contributed by atoms with Gasteiger partial charge in [-0.3, -0.25) is 4.79 Å². The Hall–Kier alpha value is -2.77. The van der Waals surface area contributed by atoms with E-state index in [4.69, 9.17) is 4.74 Å². The van der Waals surface area contributed by atoms with Crippen LogP contribution < -0.4 is 16.0 Å². The second kappa shape index (κ2) is 11.9. The monoisotopic (exact) mass is 407 g/mol. The number of hydrogen-bond acceptors (Lipinski definition) is 5. The lowest BCUT2D eigenvalue weighted by atomic mass is 10.1. The number of carbonyl (C=O) groups is 3. The molecule has 4 N–H and O–H groups in total. The molecule has 0 aliphatic carbocycles. The predicted octanol–water partition coefficient (Wildman–Crippen LogP) is 3.99. The van der Waals surface area contributed by atoms with Crippen LogP contribution in [0.1, 0.15) is 59.8 Å². The number of nitrogens with one attached hydrogen (secondary N) is 3. The van der Waals surface area contributed by atoms with Gasteiger partial charge in [-0.25, -0.2) is 9.59 Å². The van der Waals surface area contributed by atoms with Crippen molar-refractivity contribution in [3.63, 3.8) is 0 Å². The Balaban J connectivity index is 2.58. The predicted molar refractivity (Wildman–Crippen MR) is 113 cm³/mol. The first-order chi connectivity index (χ1) is 13.6. The molecule has 1 aromatic carbocycles. The molecule has 0 saturated heterocycles. The minimum atomic E-state index is -1.22. The van der Waals surface area contributed by atoms with Crippen LogP contribution in [-0.4, -0.2) is 41.3 Å². The highest BCUT2D eigenvalue weighted by atomic mass is 16.6. The van der Waals surface area contributed by atoms with Gasteiger partial charge in [-0.15, -0.1) is 0 Å². The number of carboxylic acids is 1. The Morgan fingerprint density at radius 2 is 1.76 bits per heavy atom. The van der Waals surface area contributed by atoms with Gasteiger partial charge in [0.25, 0.3) is 0 Å². The zero-order valence-electron chi connectivity index (χ0n) is 17.7. The normalized spacial score (nSPS) is 12.0. The zero-order valence-corrected chi connectivity index (χ0v) is 17.7. The first-order valence-corrected chi connectivity index (χ1v) is 9.97. The van der Waals surface area contributed by atoms with Gasteiger partial charge in [0.05, 0.1) is 11.4 Å². The van der Waals surface area contributed by atoms with Crippen molar-refractivity contribution >= 4 is 29.3 Å². The highest BCUT2D eigenvalue weighted by Gasteiger charge is 2.24. The molecule has 29 heavy (non-hydrogen) atoms. The summed E-state index contributed by atoms with van der Waals surface area (Å²) in [4.78, 5) is 35.5. The number of aliphatic carboxylic acids is 1. The molecule has 0 saturated carbocycles. The van der Waals surface area contributed by atoms with E-state index < -0.39 is 23.7 Å². The molecule has 0 spiro atoms. The van der Waals surface area contributed by atoms with Crippen LogP contribution in [0.4, 0.5) is 16.2 Å². The summed E-state index contributed by atoms with van der Waals surface area (Å²) in [6.45, 7) is 7.99. The van der Waals surface area contributed by atoms with Crippen molar-refractivity contribution in [2.24, 2.45) is 0 Å². The first kappa shape index (κ1) is 24.3. The Labute approximate surface area is 172 Å². The Morgan fingerprint density at radius 3 is 2.34 bits per heavy atom. The molecular weight excluding hydrogens is 374 g/mol. The fourth-order valence-corrected chi connectivity index (χ4v) is 2.54. The summed E-state index contributed by atoms with van der Waals surface area (Å²) in [6.07, 6.45) is 2.36. The number of amides is 2. The van der Waals surface area contributed by atoms with Gasteiger partial charge >= 0.3 is 12.1 Å². The fourth-order valence-electron chi connectivity index (χ4n) is 2.54. The Morgan fingerprint density at radius 1 is 1.10 bits per heavy atom. The van der Waals surface area contributed by atoms with Crippen molar-refractivity contribution in [2.75, 3.05) is 17.2 Å². The molecule has 0 heterocycles. The van der Waals surface area contributed by atoms with Crippen LogP contribution in [0.15, 0.2) is 24.3 Å². The lowest BCUT2D eigenvalue weighted by molar-refractivity contribution is -0.139. The minimum Gasteiger partial charge on any atom is -0.480 e. The molecule has 0 bridgehead atoms. The molecule has 8 heteroatoms. The van der Waals surface area contributed by atoms with Crippen LogP contribution >= 0.6 is 0 Å². The lowest BCUT2D eigenvalue weighted by Crippen LogP contribution is -2.43. The summed E-state index contributed by atoms with van der Waals surface area (Å²) in [5.41, 5.74) is 0.720. The molecule has 0 aliphatic rings. The molecule has 1 aromatic rings. The molecule has 1 unspecified atom stereocenters. The third-order valence-electron chi connectivity index (χ3n) is 3.95. The molecule has 1 atom stereocenters. The molecule has 0 fully saturated rings. The molecule has 2 amide bonds. The molecule has 8 nitrogen and oxygen atoms in total. The van der Waals surface area contributed by atoms with Gasteiger partial charge in [0.15, 0.2) is 0 Å². The Kier molecular flexibility index (Phi) is 9.99. The van der Waals surface area contributed by atoms with Crippen molar-refractivity contribution in [3.8, 4) is 0 Å². The number of hydrogen-bond donors (Lipinski definition) is 4. The van der Waals surface area contributed by atoms with E-state index in [-0.39, 0.29) is 18.7 Å². The SMILES string of the molecule is CCCCCNc1ccccc1NC(=O)CCC(NC(=O)OC(C)(C)C)C(=O)O. The average molecular weight is 408 g/mol. The molecule has 0 aromatic heterocycles. The second-order valence-corrected chi connectivity index (χ2v) is 7.80. The highest BCUT2D eigenvalue weighted by Crippen LogP contribution is 2.21. The van der Waals surface area contributed by atoms with Crippen molar-refractivity contribution in [1.29, 1.82) is 0 Å². The van der Waals surface area contributed by atoms with Crippen LogP contribution in [0.2, 0.25) is 0 Å². The summed E-state index contributed by atoms with van der Waals surface area (Å²) in [5, 5.41) is 17.7.